The molecule has 4 heteroatoms. The number of hydrogen-bond acceptors (Lipinski definition) is 2. The second kappa shape index (κ2) is 8.53. The van der Waals surface area contributed by atoms with Gasteiger partial charge in [0.25, 0.3) is 5.91 Å². The summed E-state index contributed by atoms with van der Waals surface area (Å²) in [4.78, 5) is 25.3. The number of aryl methyl sites for hydroxylation is 3. The fourth-order valence-electron chi connectivity index (χ4n) is 2.91. The Labute approximate surface area is 165 Å². The van der Waals surface area contributed by atoms with E-state index in [4.69, 9.17) is 0 Å². The van der Waals surface area contributed by atoms with E-state index in [2.05, 4.69) is 10.6 Å². The minimum Gasteiger partial charge on any atom is -0.326 e. The van der Waals surface area contributed by atoms with Gasteiger partial charge in [-0.05, 0) is 56.7 Å². The third-order valence-electron chi connectivity index (χ3n) is 4.51. The van der Waals surface area contributed by atoms with Gasteiger partial charge >= 0.3 is 0 Å². The highest BCUT2D eigenvalue weighted by atomic mass is 16.2. The average molecular weight is 372 g/mol. The summed E-state index contributed by atoms with van der Waals surface area (Å²) in [5.41, 5.74) is 5.91. The van der Waals surface area contributed by atoms with E-state index in [-0.39, 0.29) is 18.2 Å². The summed E-state index contributed by atoms with van der Waals surface area (Å²) in [6.45, 7) is 5.92. The first-order valence-corrected chi connectivity index (χ1v) is 9.25. The van der Waals surface area contributed by atoms with E-state index < -0.39 is 0 Å². The van der Waals surface area contributed by atoms with Gasteiger partial charge in [-0.25, -0.2) is 0 Å². The van der Waals surface area contributed by atoms with E-state index in [1.165, 1.54) is 0 Å². The monoisotopic (exact) mass is 372 g/mol. The van der Waals surface area contributed by atoms with Crippen LogP contribution < -0.4 is 10.6 Å². The van der Waals surface area contributed by atoms with Crippen molar-refractivity contribution >= 4 is 23.2 Å². The van der Waals surface area contributed by atoms with E-state index >= 15 is 0 Å². The van der Waals surface area contributed by atoms with Crippen LogP contribution in [0.2, 0.25) is 0 Å². The lowest BCUT2D eigenvalue weighted by Gasteiger charge is -2.12. The lowest BCUT2D eigenvalue weighted by atomic mass is 10.0. The predicted octanol–water partition coefficient (Wildman–Crippen LogP) is 5.05. The molecule has 0 bridgehead atoms. The molecule has 0 unspecified atom stereocenters. The Morgan fingerprint density at radius 1 is 0.679 bits per heavy atom. The quantitative estimate of drug-likeness (QED) is 0.659. The number of hydrogen-bond donors (Lipinski definition) is 2. The number of anilines is 2. The molecule has 0 saturated carbocycles. The first kappa shape index (κ1) is 19.4. The molecule has 2 amide bonds. The Balaban J connectivity index is 1.75. The predicted molar refractivity (Wildman–Crippen MR) is 114 cm³/mol. The van der Waals surface area contributed by atoms with Crippen molar-refractivity contribution in [3.05, 3.63) is 94.5 Å². The molecule has 4 nitrogen and oxygen atoms in total. The third-order valence-corrected chi connectivity index (χ3v) is 4.51. The van der Waals surface area contributed by atoms with Gasteiger partial charge < -0.3 is 10.6 Å². The maximum absolute atomic E-state index is 12.8. The van der Waals surface area contributed by atoms with Crippen molar-refractivity contribution in [2.24, 2.45) is 0 Å². The number of carbonyl (C=O) groups excluding carboxylic acids is 2. The normalized spacial score (nSPS) is 10.4. The second-order valence-electron chi connectivity index (χ2n) is 7.07. The summed E-state index contributed by atoms with van der Waals surface area (Å²) < 4.78 is 0. The van der Waals surface area contributed by atoms with E-state index in [0.29, 0.717) is 11.1 Å². The molecule has 0 atom stereocenters. The van der Waals surface area contributed by atoms with Crippen molar-refractivity contribution in [1.29, 1.82) is 0 Å². The highest BCUT2D eigenvalue weighted by Crippen LogP contribution is 2.17. The number of carbonyl (C=O) groups is 2. The van der Waals surface area contributed by atoms with Crippen LogP contribution in [0.5, 0.6) is 0 Å². The molecule has 0 fully saturated rings. The molecule has 3 rings (SSSR count). The van der Waals surface area contributed by atoms with Gasteiger partial charge in [0.1, 0.15) is 0 Å². The molecular weight excluding hydrogens is 348 g/mol. The number of amides is 2. The largest absolute Gasteiger partial charge is 0.326 e. The van der Waals surface area contributed by atoms with Crippen molar-refractivity contribution < 1.29 is 9.59 Å². The maximum Gasteiger partial charge on any atom is 0.255 e. The van der Waals surface area contributed by atoms with E-state index in [0.717, 1.165) is 28.1 Å². The molecule has 0 aliphatic rings. The molecule has 0 spiro atoms. The van der Waals surface area contributed by atoms with Crippen LogP contribution >= 0.6 is 0 Å². The van der Waals surface area contributed by atoms with Gasteiger partial charge in [-0.2, -0.15) is 0 Å². The van der Waals surface area contributed by atoms with Crippen LogP contribution in [-0.4, -0.2) is 11.8 Å². The number of rotatable bonds is 5. The van der Waals surface area contributed by atoms with Gasteiger partial charge in [0.2, 0.25) is 5.91 Å². The summed E-state index contributed by atoms with van der Waals surface area (Å²) in [6, 6.07) is 20.8. The highest BCUT2D eigenvalue weighted by Gasteiger charge is 2.15. The number of nitrogens with one attached hydrogen (secondary N) is 2. The topological polar surface area (TPSA) is 58.2 Å². The average Bonchev–Trinajstić information content (AvgIpc) is 2.67. The van der Waals surface area contributed by atoms with Crippen LogP contribution in [0, 0.1) is 20.8 Å². The second-order valence-corrected chi connectivity index (χ2v) is 7.07. The molecule has 0 saturated heterocycles. The van der Waals surface area contributed by atoms with Crippen LogP contribution in [0.1, 0.15) is 32.6 Å². The smallest absolute Gasteiger partial charge is 0.255 e. The molecule has 0 aliphatic heterocycles. The minimum atomic E-state index is -0.217. The lowest BCUT2D eigenvalue weighted by molar-refractivity contribution is -0.115. The summed E-state index contributed by atoms with van der Waals surface area (Å²) in [5.74, 6) is -0.372. The highest BCUT2D eigenvalue weighted by molar-refractivity contribution is 6.06. The zero-order valence-corrected chi connectivity index (χ0v) is 16.4. The Morgan fingerprint density at radius 2 is 1.18 bits per heavy atom. The molecule has 28 heavy (non-hydrogen) atoms. The van der Waals surface area contributed by atoms with Gasteiger partial charge in [0, 0.05) is 16.9 Å². The number of benzene rings is 3. The molecule has 3 aromatic rings. The Morgan fingerprint density at radius 3 is 1.75 bits per heavy atom. The third kappa shape index (κ3) is 5.07. The molecule has 2 N–H and O–H groups in total. The molecule has 0 aliphatic carbocycles. The van der Waals surface area contributed by atoms with Gasteiger partial charge in [0.05, 0.1) is 6.42 Å². The molecule has 142 valence electrons. The first-order chi connectivity index (χ1) is 13.4. The summed E-state index contributed by atoms with van der Waals surface area (Å²) in [5, 5.41) is 5.80. The fraction of sp³-hybridized carbons (Fsp3) is 0.167. The minimum absolute atomic E-state index is 0.130. The van der Waals surface area contributed by atoms with Gasteiger partial charge in [-0.15, -0.1) is 0 Å². The Kier molecular flexibility index (Phi) is 5.90. The van der Waals surface area contributed by atoms with E-state index in [1.807, 2.05) is 87.5 Å². The lowest BCUT2D eigenvalue weighted by Crippen LogP contribution is -2.19. The van der Waals surface area contributed by atoms with Gasteiger partial charge in [0.15, 0.2) is 0 Å². The van der Waals surface area contributed by atoms with Crippen molar-refractivity contribution in [1.82, 2.24) is 0 Å². The van der Waals surface area contributed by atoms with Crippen molar-refractivity contribution in [2.45, 2.75) is 27.2 Å². The van der Waals surface area contributed by atoms with Gasteiger partial charge in [-0.3, -0.25) is 9.59 Å². The van der Waals surface area contributed by atoms with Crippen molar-refractivity contribution in [2.75, 3.05) is 10.6 Å². The standard InChI is InChI=1S/C24H24N2O2/c1-16-5-10-20(11-6-16)25-23(27)15-19-9-4-18(3)14-22(19)24(28)26-21-12-7-17(2)8-13-21/h4-14H,15H2,1-3H3,(H,25,27)(H,26,28). The van der Waals surface area contributed by atoms with Crippen LogP contribution in [0.4, 0.5) is 11.4 Å². The maximum atomic E-state index is 12.8. The summed E-state index contributed by atoms with van der Waals surface area (Å²) in [6.07, 6.45) is 0.130. The van der Waals surface area contributed by atoms with Gasteiger partial charge in [-0.1, -0.05) is 53.1 Å². The SMILES string of the molecule is Cc1ccc(NC(=O)Cc2ccc(C)cc2C(=O)Nc2ccc(C)cc2)cc1. The zero-order valence-electron chi connectivity index (χ0n) is 16.4. The van der Waals surface area contributed by atoms with E-state index in [1.54, 1.807) is 0 Å². The van der Waals surface area contributed by atoms with Crippen LogP contribution in [-0.2, 0) is 11.2 Å². The van der Waals surface area contributed by atoms with Crippen LogP contribution in [0.25, 0.3) is 0 Å². The van der Waals surface area contributed by atoms with E-state index in [9.17, 15) is 9.59 Å². The molecule has 0 heterocycles. The molecule has 0 aromatic heterocycles. The molecule has 3 aromatic carbocycles. The van der Waals surface area contributed by atoms with Crippen molar-refractivity contribution in [3.8, 4) is 0 Å². The summed E-state index contributed by atoms with van der Waals surface area (Å²) >= 11 is 0. The first-order valence-electron chi connectivity index (χ1n) is 9.25. The molecule has 0 radical (unpaired) electrons. The summed E-state index contributed by atoms with van der Waals surface area (Å²) in [7, 11) is 0. The van der Waals surface area contributed by atoms with Crippen LogP contribution in [0.3, 0.4) is 0 Å². The fourth-order valence-corrected chi connectivity index (χ4v) is 2.91. The van der Waals surface area contributed by atoms with Crippen LogP contribution in [0.15, 0.2) is 66.7 Å². The molecular formula is C24H24N2O2. The zero-order chi connectivity index (χ0) is 20.1. The van der Waals surface area contributed by atoms with Crippen molar-refractivity contribution in [3.63, 3.8) is 0 Å². The Hall–Kier alpha value is -3.40. The Bertz CT molecular complexity index is 990.